The van der Waals surface area contributed by atoms with Crippen molar-refractivity contribution >= 4 is 55.2 Å². The predicted molar refractivity (Wildman–Crippen MR) is 136 cm³/mol. The minimum absolute atomic E-state index is 0.0346. The maximum atomic E-state index is 13.9. The molecular formula is C27H15F2N3OS2. The molecule has 1 aliphatic rings. The minimum Gasteiger partial charge on any atom is -0.378 e. The molecule has 0 radical (unpaired) electrons. The number of rotatable bonds is 3. The Labute approximate surface area is 207 Å². The average molecular weight is 500 g/mol. The molecule has 0 spiro atoms. The van der Waals surface area contributed by atoms with Crippen molar-refractivity contribution in [1.82, 2.24) is 0 Å². The smallest absolute Gasteiger partial charge is 0.194 e. The van der Waals surface area contributed by atoms with Crippen LogP contribution in [0, 0.1) is 34.3 Å². The maximum Gasteiger partial charge on any atom is 0.194 e. The van der Waals surface area contributed by atoms with Gasteiger partial charge in [0.1, 0.15) is 17.7 Å². The van der Waals surface area contributed by atoms with E-state index >= 15 is 0 Å². The molecule has 8 heteroatoms. The van der Waals surface area contributed by atoms with Crippen molar-refractivity contribution in [3.63, 3.8) is 0 Å². The van der Waals surface area contributed by atoms with Crippen LogP contribution in [0.2, 0.25) is 0 Å². The Morgan fingerprint density at radius 2 is 1.54 bits per heavy atom. The Morgan fingerprint density at radius 1 is 0.914 bits per heavy atom. The van der Waals surface area contributed by atoms with Crippen LogP contribution in [-0.2, 0) is 0 Å². The molecule has 1 aliphatic carbocycles. The number of thiophene rings is 2. The van der Waals surface area contributed by atoms with E-state index in [1.54, 1.807) is 29.6 Å². The highest BCUT2D eigenvalue weighted by Gasteiger charge is 2.34. The van der Waals surface area contributed by atoms with Crippen molar-refractivity contribution in [2.75, 3.05) is 19.0 Å². The molecule has 2 aromatic carbocycles. The van der Waals surface area contributed by atoms with E-state index in [1.165, 1.54) is 11.3 Å². The molecule has 2 aromatic heterocycles. The minimum atomic E-state index is -1.16. The van der Waals surface area contributed by atoms with E-state index in [9.17, 15) is 24.1 Å². The van der Waals surface area contributed by atoms with E-state index in [2.05, 4.69) is 30.3 Å². The van der Waals surface area contributed by atoms with Crippen LogP contribution in [-0.4, -0.2) is 19.9 Å². The van der Waals surface area contributed by atoms with E-state index in [1.807, 2.05) is 25.1 Å². The van der Waals surface area contributed by atoms with Gasteiger partial charge in [-0.25, -0.2) is 8.78 Å². The summed E-state index contributed by atoms with van der Waals surface area (Å²) in [6.07, 6.45) is 1.59. The number of Topliss-reactive ketones (excluding diaryl/α,β-unsaturated/α-hetero) is 1. The summed E-state index contributed by atoms with van der Waals surface area (Å²) in [6, 6.07) is 17.5. The zero-order valence-electron chi connectivity index (χ0n) is 18.5. The summed E-state index contributed by atoms with van der Waals surface area (Å²) in [4.78, 5) is 17.0. The molecule has 0 amide bonds. The van der Waals surface area contributed by atoms with Gasteiger partial charge in [-0.15, -0.1) is 22.7 Å². The maximum absolute atomic E-state index is 13.9. The van der Waals surface area contributed by atoms with Gasteiger partial charge in [-0.1, -0.05) is 12.1 Å². The number of hydrogen-bond donors (Lipinski definition) is 0. The van der Waals surface area contributed by atoms with E-state index in [0.717, 1.165) is 42.5 Å². The lowest BCUT2D eigenvalue weighted by Crippen LogP contribution is -2.07. The Morgan fingerprint density at radius 3 is 2.14 bits per heavy atom. The number of allylic oxidation sites excluding steroid dienone is 3. The van der Waals surface area contributed by atoms with Gasteiger partial charge in [0.05, 0.1) is 0 Å². The van der Waals surface area contributed by atoms with Crippen molar-refractivity contribution in [1.29, 1.82) is 10.5 Å². The van der Waals surface area contributed by atoms with Gasteiger partial charge in [0.2, 0.25) is 0 Å². The Balaban J connectivity index is 1.57. The molecule has 0 N–H and O–H groups in total. The largest absolute Gasteiger partial charge is 0.378 e. The SMILES string of the molecule is CN(C)c1ccc(-c2cc3sc(/C=C4\C(=O)c5cc(F)c(F)cc5C4=C(C#N)C#N)cc3s2)cc1. The van der Waals surface area contributed by atoms with Crippen LogP contribution in [0.1, 0.15) is 20.8 Å². The van der Waals surface area contributed by atoms with Crippen molar-refractivity contribution in [3.8, 4) is 22.6 Å². The van der Waals surface area contributed by atoms with E-state index in [4.69, 9.17) is 0 Å². The summed E-state index contributed by atoms with van der Waals surface area (Å²) in [7, 11) is 3.98. The fraction of sp³-hybridized carbons (Fsp3) is 0.0741. The molecule has 0 fully saturated rings. The summed E-state index contributed by atoms with van der Waals surface area (Å²) in [5.74, 6) is -2.85. The third kappa shape index (κ3) is 3.83. The third-order valence-electron chi connectivity index (χ3n) is 5.74. The quantitative estimate of drug-likeness (QED) is 0.224. The van der Waals surface area contributed by atoms with Crippen molar-refractivity contribution < 1.29 is 13.6 Å². The number of ketones is 1. The summed E-state index contributed by atoms with van der Waals surface area (Å²) in [5.41, 5.74) is 2.00. The summed E-state index contributed by atoms with van der Waals surface area (Å²) < 4.78 is 29.8. The first-order valence-electron chi connectivity index (χ1n) is 10.4. The van der Waals surface area contributed by atoms with E-state index < -0.39 is 17.4 Å². The summed E-state index contributed by atoms with van der Waals surface area (Å²) in [6.45, 7) is 0. The molecule has 35 heavy (non-hydrogen) atoms. The molecule has 4 nitrogen and oxygen atoms in total. The number of carbonyl (C=O) groups is 1. The zero-order chi connectivity index (χ0) is 24.9. The van der Waals surface area contributed by atoms with Gasteiger partial charge in [-0.3, -0.25) is 4.79 Å². The molecule has 170 valence electrons. The molecule has 4 aromatic rings. The zero-order valence-corrected chi connectivity index (χ0v) is 20.2. The molecule has 0 bridgehead atoms. The predicted octanol–water partition coefficient (Wildman–Crippen LogP) is 7.05. The number of hydrogen-bond acceptors (Lipinski definition) is 6. The number of nitriles is 2. The Kier molecular flexibility index (Phi) is 5.56. The number of anilines is 1. The number of benzene rings is 2. The topological polar surface area (TPSA) is 67.9 Å². The molecule has 2 heterocycles. The number of carbonyl (C=O) groups excluding carboxylic acids is 1. The van der Waals surface area contributed by atoms with E-state index in [0.29, 0.717) is 0 Å². The highest BCUT2D eigenvalue weighted by Crippen LogP contribution is 2.43. The van der Waals surface area contributed by atoms with Crippen molar-refractivity contribution in [2.45, 2.75) is 0 Å². The van der Waals surface area contributed by atoms with Crippen LogP contribution in [0.4, 0.5) is 14.5 Å². The second-order valence-electron chi connectivity index (χ2n) is 8.10. The normalized spacial score (nSPS) is 13.7. The van der Waals surface area contributed by atoms with Gasteiger partial charge < -0.3 is 4.90 Å². The highest BCUT2D eigenvalue weighted by atomic mass is 32.1. The molecular weight excluding hydrogens is 484 g/mol. The standard InChI is InChI=1S/C27H15F2N3OS2/c1-32(2)16-5-3-14(4-6-16)23-11-25-24(35-23)8-17(34-25)7-20-26(15(12-30)13-31)18-9-21(28)22(29)10-19(18)27(20)33/h3-11H,1-2H3/b20-7-. The lowest BCUT2D eigenvalue weighted by molar-refractivity contribution is 0.104. The molecule has 0 saturated heterocycles. The van der Waals surface area contributed by atoms with Crippen molar-refractivity contribution in [3.05, 3.63) is 87.3 Å². The Bertz CT molecular complexity index is 1630. The first kappa shape index (κ1) is 22.7. The molecule has 0 aliphatic heterocycles. The summed E-state index contributed by atoms with van der Waals surface area (Å²) >= 11 is 3.08. The first-order chi connectivity index (χ1) is 16.8. The van der Waals surface area contributed by atoms with Crippen LogP contribution < -0.4 is 4.90 Å². The third-order valence-corrected chi connectivity index (χ3v) is 8.03. The number of nitrogens with zero attached hydrogens (tertiary/aromatic N) is 3. The fourth-order valence-electron chi connectivity index (χ4n) is 4.02. The molecule has 0 unspecified atom stereocenters. The van der Waals surface area contributed by atoms with Gasteiger partial charge in [-0.05, 0) is 53.6 Å². The second kappa shape index (κ2) is 8.59. The van der Waals surface area contributed by atoms with Crippen molar-refractivity contribution in [2.24, 2.45) is 0 Å². The lowest BCUT2D eigenvalue weighted by atomic mass is 9.99. The van der Waals surface area contributed by atoms with Crippen LogP contribution in [0.5, 0.6) is 0 Å². The Hall–Kier alpha value is -4.11. The van der Waals surface area contributed by atoms with Gasteiger partial charge in [0, 0.05) is 55.6 Å². The molecule has 5 rings (SSSR count). The molecule has 0 atom stereocenters. The van der Waals surface area contributed by atoms with Gasteiger partial charge in [-0.2, -0.15) is 10.5 Å². The number of fused-ring (bicyclic) bond motifs is 2. The van der Waals surface area contributed by atoms with Crippen LogP contribution >= 0.6 is 22.7 Å². The highest BCUT2D eigenvalue weighted by molar-refractivity contribution is 7.29. The first-order valence-corrected chi connectivity index (χ1v) is 12.1. The van der Waals surface area contributed by atoms with Gasteiger partial charge in [0.15, 0.2) is 17.4 Å². The van der Waals surface area contributed by atoms with Crippen LogP contribution in [0.3, 0.4) is 0 Å². The lowest BCUT2D eigenvalue weighted by Gasteiger charge is -2.12. The van der Waals surface area contributed by atoms with Gasteiger partial charge >= 0.3 is 0 Å². The van der Waals surface area contributed by atoms with Crippen LogP contribution in [0.25, 0.3) is 31.5 Å². The monoisotopic (exact) mass is 499 g/mol. The summed E-state index contributed by atoms with van der Waals surface area (Å²) in [5, 5.41) is 18.9. The van der Waals surface area contributed by atoms with E-state index in [-0.39, 0.29) is 27.8 Å². The average Bonchev–Trinajstić information content (AvgIpc) is 3.48. The second-order valence-corrected chi connectivity index (χ2v) is 10.3. The number of halogens is 2. The van der Waals surface area contributed by atoms with Gasteiger partial charge in [0.25, 0.3) is 0 Å². The molecule has 0 saturated carbocycles. The van der Waals surface area contributed by atoms with Crippen LogP contribution in [0.15, 0.2) is 59.7 Å². The fourth-order valence-corrected chi connectivity index (χ4v) is 6.38.